The van der Waals surface area contributed by atoms with Crippen LogP contribution in [0.4, 0.5) is 11.5 Å². The Hall–Kier alpha value is -3.95. The number of hydrogen-bond donors (Lipinski definition) is 2. The van der Waals surface area contributed by atoms with Crippen molar-refractivity contribution in [1.29, 1.82) is 10.5 Å². The van der Waals surface area contributed by atoms with Crippen molar-refractivity contribution in [3.05, 3.63) is 45.9 Å². The van der Waals surface area contributed by atoms with E-state index in [-0.39, 0.29) is 39.2 Å². The van der Waals surface area contributed by atoms with Gasteiger partial charge in [0.05, 0.1) is 11.4 Å². The van der Waals surface area contributed by atoms with Gasteiger partial charge in [-0.25, -0.2) is 9.67 Å². The third-order valence-electron chi connectivity index (χ3n) is 3.66. The maximum absolute atomic E-state index is 11.6. The monoisotopic (exact) mass is 378 g/mol. The van der Waals surface area contributed by atoms with Gasteiger partial charge in [0.2, 0.25) is 5.91 Å². The number of hydrogen-bond acceptors (Lipinski definition) is 7. The molecule has 3 rings (SSSR count). The van der Waals surface area contributed by atoms with E-state index >= 15 is 0 Å². The minimum absolute atomic E-state index is 0.0198. The highest BCUT2D eigenvalue weighted by Crippen LogP contribution is 2.26. The van der Waals surface area contributed by atoms with Crippen LogP contribution in [0.1, 0.15) is 18.1 Å². The minimum Gasteiger partial charge on any atom is -0.396 e. The molecule has 132 valence electrons. The molecule has 10 heteroatoms. The maximum atomic E-state index is 11.6. The summed E-state index contributed by atoms with van der Waals surface area (Å²) in [6.45, 7) is 1.24. The number of pyridine rings is 1. The zero-order chi connectivity index (χ0) is 19.7. The van der Waals surface area contributed by atoms with Crippen LogP contribution in [-0.2, 0) is 4.79 Å². The normalized spacial score (nSPS) is 11.2. The lowest BCUT2D eigenvalue weighted by Gasteiger charge is -2.12. The second kappa shape index (κ2) is 6.75. The molecule has 4 N–H and O–H groups in total. The third-order valence-corrected chi connectivity index (χ3v) is 3.91. The highest BCUT2D eigenvalue weighted by Gasteiger charge is 2.19. The Morgan fingerprint density at radius 3 is 2.33 bits per heavy atom. The number of anilines is 2. The minimum atomic E-state index is -0.537. The van der Waals surface area contributed by atoms with Crippen LogP contribution < -0.4 is 17.0 Å². The molecule has 0 saturated heterocycles. The van der Waals surface area contributed by atoms with Crippen molar-refractivity contribution in [2.24, 2.45) is 4.99 Å². The molecule has 0 bridgehead atoms. The maximum Gasteiger partial charge on any atom is 0.244 e. The molecule has 0 fully saturated rings. The van der Waals surface area contributed by atoms with E-state index in [4.69, 9.17) is 23.1 Å². The fourth-order valence-corrected chi connectivity index (χ4v) is 2.61. The summed E-state index contributed by atoms with van der Waals surface area (Å²) in [5.41, 5.74) is 12.3. The van der Waals surface area contributed by atoms with Gasteiger partial charge in [0.1, 0.15) is 40.1 Å². The summed E-state index contributed by atoms with van der Waals surface area (Å²) < 4.78 is 1.27. The van der Waals surface area contributed by atoms with Crippen LogP contribution in [0, 0.1) is 22.7 Å². The molecule has 0 aliphatic heterocycles. The lowest BCUT2D eigenvalue weighted by atomic mass is 10.1. The number of nitrogens with two attached hydrogens (primary N) is 2. The molecular weight excluding hydrogens is 368 g/mol. The number of aromatic nitrogens is 3. The van der Waals surface area contributed by atoms with E-state index in [0.29, 0.717) is 10.7 Å². The molecule has 1 aromatic carbocycles. The lowest BCUT2D eigenvalue weighted by molar-refractivity contribution is -0.116. The first-order chi connectivity index (χ1) is 12.9. The smallest absolute Gasteiger partial charge is 0.244 e. The van der Waals surface area contributed by atoms with Gasteiger partial charge in [-0.05, 0) is 24.3 Å². The Morgan fingerprint density at radius 1 is 1.15 bits per heavy atom. The largest absolute Gasteiger partial charge is 0.396 e. The van der Waals surface area contributed by atoms with Gasteiger partial charge in [-0.2, -0.15) is 20.6 Å². The number of benzene rings is 1. The van der Waals surface area contributed by atoms with Crippen LogP contribution in [0.15, 0.2) is 29.3 Å². The molecule has 0 aliphatic carbocycles. The highest BCUT2D eigenvalue weighted by molar-refractivity contribution is 6.30. The number of nitrogen functional groups attached to an aromatic ring is 2. The molecule has 9 nitrogen and oxygen atoms in total. The van der Waals surface area contributed by atoms with Crippen LogP contribution in [0.5, 0.6) is 0 Å². The number of amides is 1. The molecule has 0 saturated carbocycles. The SMILES string of the molecule is CC(=O)N=c1c(C#N)c2nc(N)c(C#N)c(N)c2nn1-c1ccc(Cl)cc1. The van der Waals surface area contributed by atoms with Crippen molar-refractivity contribution >= 4 is 40.0 Å². The van der Waals surface area contributed by atoms with Crippen LogP contribution >= 0.6 is 11.6 Å². The Kier molecular flexibility index (Phi) is 4.46. The van der Waals surface area contributed by atoms with Gasteiger partial charge in [-0.15, -0.1) is 0 Å². The number of halogens is 1. The average molecular weight is 379 g/mol. The first-order valence-corrected chi connectivity index (χ1v) is 7.88. The van der Waals surface area contributed by atoms with Crippen molar-refractivity contribution in [2.75, 3.05) is 11.5 Å². The quantitative estimate of drug-likeness (QED) is 0.647. The van der Waals surface area contributed by atoms with E-state index in [1.165, 1.54) is 11.6 Å². The van der Waals surface area contributed by atoms with Crippen molar-refractivity contribution in [2.45, 2.75) is 6.92 Å². The van der Waals surface area contributed by atoms with Crippen molar-refractivity contribution in [1.82, 2.24) is 14.8 Å². The Labute approximate surface area is 157 Å². The van der Waals surface area contributed by atoms with Gasteiger partial charge in [-0.1, -0.05) is 11.6 Å². The number of carbonyl (C=O) groups excluding carboxylic acids is 1. The highest BCUT2D eigenvalue weighted by atomic mass is 35.5. The molecule has 1 amide bonds. The molecule has 0 radical (unpaired) electrons. The van der Waals surface area contributed by atoms with E-state index in [0.717, 1.165) is 0 Å². The van der Waals surface area contributed by atoms with Gasteiger partial charge >= 0.3 is 0 Å². The molecule has 2 aromatic heterocycles. The van der Waals surface area contributed by atoms with Gasteiger partial charge in [0, 0.05) is 11.9 Å². The molecule has 0 spiro atoms. The zero-order valence-electron chi connectivity index (χ0n) is 13.9. The summed E-state index contributed by atoms with van der Waals surface area (Å²) >= 11 is 5.92. The van der Waals surface area contributed by atoms with Crippen LogP contribution in [0.3, 0.4) is 0 Å². The topological polar surface area (TPSA) is 160 Å². The fourth-order valence-electron chi connectivity index (χ4n) is 2.48. The summed E-state index contributed by atoms with van der Waals surface area (Å²) in [5.74, 6) is -0.677. The van der Waals surface area contributed by atoms with Gasteiger partial charge in [0.15, 0.2) is 5.49 Å². The average Bonchev–Trinajstić information content (AvgIpc) is 2.62. The third kappa shape index (κ3) is 3.03. The van der Waals surface area contributed by atoms with E-state index in [2.05, 4.69) is 15.1 Å². The molecule has 3 aromatic rings. The van der Waals surface area contributed by atoms with Crippen molar-refractivity contribution < 1.29 is 4.79 Å². The second-order valence-corrected chi connectivity index (χ2v) is 5.86. The van der Waals surface area contributed by atoms with E-state index in [1.54, 1.807) is 24.3 Å². The van der Waals surface area contributed by atoms with Gasteiger partial charge < -0.3 is 11.5 Å². The summed E-state index contributed by atoms with van der Waals surface area (Å²) in [4.78, 5) is 19.6. The molecule has 0 atom stereocenters. The number of nitriles is 2. The molecule has 2 heterocycles. The van der Waals surface area contributed by atoms with Crippen LogP contribution in [-0.4, -0.2) is 20.7 Å². The standard InChI is InChI=1S/C17H11ClN8O/c1-8(27)23-17-12(7-20)14-15(13(21)11(6-19)16(22)24-14)25-26(17)10-4-2-9(18)3-5-10/h2-5H,21H2,1H3,(H2,22,24). The Morgan fingerprint density at radius 2 is 1.78 bits per heavy atom. The predicted molar refractivity (Wildman–Crippen MR) is 98.4 cm³/mol. The number of fused-ring (bicyclic) bond motifs is 1. The summed E-state index contributed by atoms with van der Waals surface area (Å²) in [7, 11) is 0. The van der Waals surface area contributed by atoms with E-state index in [9.17, 15) is 15.3 Å². The molecule has 0 unspecified atom stereocenters. The molecule has 27 heavy (non-hydrogen) atoms. The second-order valence-electron chi connectivity index (χ2n) is 5.42. The zero-order valence-corrected chi connectivity index (χ0v) is 14.7. The predicted octanol–water partition coefficient (Wildman–Crippen LogP) is 1.43. The first kappa shape index (κ1) is 17.9. The van der Waals surface area contributed by atoms with Crippen LogP contribution in [0.2, 0.25) is 5.02 Å². The van der Waals surface area contributed by atoms with Crippen molar-refractivity contribution in [3.8, 4) is 17.8 Å². The first-order valence-electron chi connectivity index (χ1n) is 7.50. The summed E-state index contributed by atoms with van der Waals surface area (Å²) in [5, 5.41) is 23.8. The van der Waals surface area contributed by atoms with Crippen LogP contribution in [0.25, 0.3) is 16.7 Å². The lowest BCUT2D eigenvalue weighted by Crippen LogP contribution is -2.27. The molecular formula is C17H11ClN8O. The number of carbonyl (C=O) groups is 1. The summed E-state index contributed by atoms with van der Waals surface area (Å²) in [6.07, 6.45) is 0. The Balaban J connectivity index is 2.58. The molecule has 0 aliphatic rings. The Bertz CT molecular complexity index is 1250. The van der Waals surface area contributed by atoms with E-state index < -0.39 is 5.91 Å². The summed E-state index contributed by atoms with van der Waals surface area (Å²) in [6, 6.07) is 10.3. The van der Waals surface area contributed by atoms with Gasteiger partial charge in [-0.3, -0.25) is 4.79 Å². The number of rotatable bonds is 1. The van der Waals surface area contributed by atoms with E-state index in [1.807, 2.05) is 12.1 Å². The van der Waals surface area contributed by atoms with Crippen molar-refractivity contribution in [3.63, 3.8) is 0 Å². The van der Waals surface area contributed by atoms with Gasteiger partial charge in [0.25, 0.3) is 0 Å². The fraction of sp³-hybridized carbons (Fsp3) is 0.0588. The number of nitrogens with zero attached hydrogens (tertiary/aromatic N) is 6.